The van der Waals surface area contributed by atoms with E-state index in [2.05, 4.69) is 29.0 Å². The molecule has 0 unspecified atom stereocenters. The van der Waals surface area contributed by atoms with Gasteiger partial charge in [0.05, 0.1) is 6.20 Å². The summed E-state index contributed by atoms with van der Waals surface area (Å²) in [7, 11) is 0. The lowest BCUT2D eigenvalue weighted by Crippen LogP contribution is -1.79. The Labute approximate surface area is 99.5 Å². The van der Waals surface area contributed by atoms with Gasteiger partial charge in [0.15, 0.2) is 11.7 Å². The number of oxazole rings is 1. The van der Waals surface area contributed by atoms with Crippen molar-refractivity contribution in [3.63, 3.8) is 0 Å². The molecule has 0 bridgehead atoms. The Bertz CT molecular complexity index is 636. The van der Waals surface area contributed by atoms with E-state index in [-0.39, 0.29) is 0 Å². The maximum absolute atomic E-state index is 5.75. The highest BCUT2D eigenvalue weighted by Gasteiger charge is 2.10. The number of H-pyrrole nitrogens is 1. The van der Waals surface area contributed by atoms with Crippen LogP contribution in [0.15, 0.2) is 41.1 Å². The van der Waals surface area contributed by atoms with Crippen LogP contribution in [0.2, 0.25) is 0 Å². The first-order chi connectivity index (χ1) is 8.38. The number of aryl methyl sites for hydroxylation is 1. The molecule has 86 valence electrons. The smallest absolute Gasteiger partial charge is 0.194 e. The van der Waals surface area contributed by atoms with Crippen molar-refractivity contribution in [2.75, 3.05) is 0 Å². The number of hydrogen-bond acceptors (Lipinski definition) is 2. The quantitative estimate of drug-likeness (QED) is 0.738. The van der Waals surface area contributed by atoms with Crippen LogP contribution in [-0.2, 0) is 6.42 Å². The highest BCUT2D eigenvalue weighted by atomic mass is 16.4. The highest BCUT2D eigenvalue weighted by Crippen LogP contribution is 2.28. The van der Waals surface area contributed by atoms with E-state index < -0.39 is 0 Å². The van der Waals surface area contributed by atoms with Crippen LogP contribution in [0.5, 0.6) is 0 Å². The van der Waals surface area contributed by atoms with E-state index >= 15 is 0 Å². The maximum Gasteiger partial charge on any atom is 0.194 e. The molecular weight excluding hydrogens is 212 g/mol. The van der Waals surface area contributed by atoms with Crippen molar-refractivity contribution in [1.29, 1.82) is 0 Å². The standard InChI is InChI=1S/C14H14N2O/c1-2-5-14-16-9-13(17-14)11-8-15-12-7-4-3-6-10(11)12/h3-4,6-9,15H,2,5H2,1H3. The topological polar surface area (TPSA) is 41.8 Å². The van der Waals surface area contributed by atoms with Gasteiger partial charge in [-0.15, -0.1) is 0 Å². The van der Waals surface area contributed by atoms with Crippen LogP contribution in [-0.4, -0.2) is 9.97 Å². The molecule has 17 heavy (non-hydrogen) atoms. The van der Waals surface area contributed by atoms with Crippen molar-refractivity contribution in [2.45, 2.75) is 19.8 Å². The third-order valence-electron chi connectivity index (χ3n) is 2.87. The number of hydrogen-bond donors (Lipinski definition) is 1. The summed E-state index contributed by atoms with van der Waals surface area (Å²) in [5.41, 5.74) is 2.20. The molecule has 0 atom stereocenters. The fourth-order valence-corrected chi connectivity index (χ4v) is 2.04. The van der Waals surface area contributed by atoms with E-state index in [0.717, 1.165) is 35.6 Å². The second-order valence-corrected chi connectivity index (χ2v) is 4.12. The number of rotatable bonds is 3. The van der Waals surface area contributed by atoms with E-state index in [1.807, 2.05) is 18.3 Å². The predicted octanol–water partition coefficient (Wildman–Crippen LogP) is 3.78. The van der Waals surface area contributed by atoms with Gasteiger partial charge in [-0.05, 0) is 12.5 Å². The summed E-state index contributed by atoms with van der Waals surface area (Å²) in [6.45, 7) is 2.12. The summed E-state index contributed by atoms with van der Waals surface area (Å²) < 4.78 is 5.75. The largest absolute Gasteiger partial charge is 0.441 e. The Morgan fingerprint density at radius 3 is 3.06 bits per heavy atom. The summed E-state index contributed by atoms with van der Waals surface area (Å²) in [6.07, 6.45) is 5.72. The predicted molar refractivity (Wildman–Crippen MR) is 67.8 cm³/mol. The van der Waals surface area contributed by atoms with Crippen LogP contribution in [0.4, 0.5) is 0 Å². The first-order valence-electron chi connectivity index (χ1n) is 5.89. The fraction of sp³-hybridized carbons (Fsp3) is 0.214. The summed E-state index contributed by atoms with van der Waals surface area (Å²) in [5.74, 6) is 1.65. The third kappa shape index (κ3) is 1.73. The number of aromatic amines is 1. The van der Waals surface area contributed by atoms with Gasteiger partial charge in [0.2, 0.25) is 0 Å². The molecule has 3 nitrogen and oxygen atoms in total. The first-order valence-corrected chi connectivity index (χ1v) is 5.89. The van der Waals surface area contributed by atoms with Gasteiger partial charge in [-0.3, -0.25) is 0 Å². The number of fused-ring (bicyclic) bond motifs is 1. The van der Waals surface area contributed by atoms with Crippen molar-refractivity contribution in [3.05, 3.63) is 42.5 Å². The second kappa shape index (κ2) is 4.09. The molecule has 3 rings (SSSR count). The van der Waals surface area contributed by atoms with Crippen LogP contribution in [0, 0.1) is 0 Å². The molecule has 0 saturated heterocycles. The number of nitrogens with one attached hydrogen (secondary N) is 1. The van der Waals surface area contributed by atoms with E-state index in [1.165, 1.54) is 5.39 Å². The van der Waals surface area contributed by atoms with E-state index in [9.17, 15) is 0 Å². The van der Waals surface area contributed by atoms with Crippen molar-refractivity contribution in [1.82, 2.24) is 9.97 Å². The molecular formula is C14H14N2O. The first kappa shape index (κ1) is 10.1. The highest BCUT2D eigenvalue weighted by molar-refractivity contribution is 5.93. The Balaban J connectivity index is 2.07. The lowest BCUT2D eigenvalue weighted by atomic mass is 10.1. The third-order valence-corrected chi connectivity index (χ3v) is 2.87. The fourth-order valence-electron chi connectivity index (χ4n) is 2.04. The second-order valence-electron chi connectivity index (χ2n) is 4.12. The summed E-state index contributed by atoms with van der Waals surface area (Å²) >= 11 is 0. The average molecular weight is 226 g/mol. The Morgan fingerprint density at radius 1 is 1.29 bits per heavy atom. The Morgan fingerprint density at radius 2 is 2.18 bits per heavy atom. The van der Waals surface area contributed by atoms with Gasteiger partial charge in [0.25, 0.3) is 0 Å². The molecule has 0 radical (unpaired) electrons. The molecule has 2 heterocycles. The molecule has 3 heteroatoms. The van der Waals surface area contributed by atoms with Gasteiger partial charge in [-0.25, -0.2) is 4.98 Å². The van der Waals surface area contributed by atoms with Crippen molar-refractivity contribution in [2.24, 2.45) is 0 Å². The SMILES string of the molecule is CCCc1ncc(-c2c[nH]c3ccccc23)o1. The summed E-state index contributed by atoms with van der Waals surface area (Å²) in [6, 6.07) is 8.19. The van der Waals surface area contributed by atoms with Gasteiger partial charge in [-0.2, -0.15) is 0 Å². The van der Waals surface area contributed by atoms with Crippen molar-refractivity contribution in [3.8, 4) is 11.3 Å². The van der Waals surface area contributed by atoms with Crippen LogP contribution in [0.3, 0.4) is 0 Å². The summed E-state index contributed by atoms with van der Waals surface area (Å²) in [5, 5.41) is 1.17. The molecule has 2 aromatic heterocycles. The van der Waals surface area contributed by atoms with Gasteiger partial charge < -0.3 is 9.40 Å². The van der Waals surface area contributed by atoms with Gasteiger partial charge in [0.1, 0.15) is 0 Å². The van der Waals surface area contributed by atoms with Crippen molar-refractivity contribution < 1.29 is 4.42 Å². The number of nitrogens with zero attached hydrogens (tertiary/aromatic N) is 1. The lowest BCUT2D eigenvalue weighted by molar-refractivity contribution is 0.503. The minimum atomic E-state index is 0.813. The van der Waals surface area contributed by atoms with Crippen LogP contribution >= 0.6 is 0 Å². The molecule has 1 aromatic carbocycles. The number of para-hydroxylation sites is 1. The Kier molecular flexibility index (Phi) is 2.44. The van der Waals surface area contributed by atoms with Crippen molar-refractivity contribution >= 4 is 10.9 Å². The zero-order valence-electron chi connectivity index (χ0n) is 9.73. The van der Waals surface area contributed by atoms with Crippen LogP contribution < -0.4 is 0 Å². The van der Waals surface area contributed by atoms with Crippen LogP contribution in [0.1, 0.15) is 19.2 Å². The minimum absolute atomic E-state index is 0.813. The molecule has 0 aliphatic heterocycles. The molecule has 0 aliphatic rings. The Hall–Kier alpha value is -2.03. The van der Waals surface area contributed by atoms with E-state index in [0.29, 0.717) is 0 Å². The summed E-state index contributed by atoms with van der Waals surface area (Å²) in [4.78, 5) is 7.53. The van der Waals surface area contributed by atoms with E-state index in [1.54, 1.807) is 6.20 Å². The molecule has 3 aromatic rings. The molecule has 0 aliphatic carbocycles. The van der Waals surface area contributed by atoms with Gasteiger partial charge >= 0.3 is 0 Å². The maximum atomic E-state index is 5.75. The monoisotopic (exact) mass is 226 g/mol. The molecule has 0 fully saturated rings. The molecule has 0 spiro atoms. The lowest BCUT2D eigenvalue weighted by Gasteiger charge is -1.93. The zero-order valence-corrected chi connectivity index (χ0v) is 9.73. The normalized spacial score (nSPS) is 11.1. The zero-order chi connectivity index (χ0) is 11.7. The van der Waals surface area contributed by atoms with Crippen LogP contribution in [0.25, 0.3) is 22.2 Å². The van der Waals surface area contributed by atoms with Gasteiger partial charge in [-0.1, -0.05) is 25.1 Å². The number of aromatic nitrogens is 2. The molecule has 1 N–H and O–H groups in total. The van der Waals surface area contributed by atoms with Gasteiger partial charge in [0, 0.05) is 29.1 Å². The molecule has 0 saturated carbocycles. The number of benzene rings is 1. The minimum Gasteiger partial charge on any atom is -0.441 e. The molecule has 0 amide bonds. The average Bonchev–Trinajstić information content (AvgIpc) is 2.95. The van der Waals surface area contributed by atoms with E-state index in [4.69, 9.17) is 4.42 Å².